The maximum absolute atomic E-state index is 13.3. The van der Waals surface area contributed by atoms with E-state index in [0.29, 0.717) is 0 Å². The second kappa shape index (κ2) is 8.15. The Morgan fingerprint density at radius 2 is 1.93 bits per heavy atom. The summed E-state index contributed by atoms with van der Waals surface area (Å²) in [6.45, 7) is 5.20. The topological polar surface area (TPSA) is 37.9 Å². The molecule has 0 radical (unpaired) electrons. The van der Waals surface area contributed by atoms with E-state index in [4.69, 9.17) is 0 Å². The minimum atomic E-state index is -0.243. The van der Waals surface area contributed by atoms with Gasteiger partial charge in [0.15, 0.2) is 12.2 Å². The predicted octanol–water partition coefficient (Wildman–Crippen LogP) is 0.787. The van der Waals surface area contributed by atoms with Crippen molar-refractivity contribution in [3.8, 4) is 11.3 Å². The van der Waals surface area contributed by atoms with Crippen molar-refractivity contribution in [2.45, 2.75) is 39.8 Å². The number of nitrogens with zero attached hydrogens (tertiary/aromatic N) is 2. The summed E-state index contributed by atoms with van der Waals surface area (Å²) in [4.78, 5) is 12.6. The molecule has 1 aromatic heterocycles. The predicted molar refractivity (Wildman–Crippen MR) is 103 cm³/mol. The van der Waals surface area contributed by atoms with Gasteiger partial charge in [0.1, 0.15) is 12.0 Å². The van der Waals surface area contributed by atoms with Gasteiger partial charge in [-0.15, -0.1) is 0 Å². The first kappa shape index (κ1) is 20.1. The summed E-state index contributed by atoms with van der Waals surface area (Å²) in [5.41, 5.74) is 5.02. The Labute approximate surface area is 170 Å². The molecule has 1 aliphatic heterocycles. The molecular weight excluding hydrogens is 377 g/mol. The molecule has 146 valence electrons. The summed E-state index contributed by atoms with van der Waals surface area (Å²) in [6.07, 6.45) is 4.01. The van der Waals surface area contributed by atoms with Gasteiger partial charge in [-0.1, -0.05) is 12.1 Å². The molecule has 2 heterocycles. The number of fused-ring (bicyclic) bond motifs is 1. The van der Waals surface area contributed by atoms with Crippen LogP contribution in [0.15, 0.2) is 48.7 Å². The SMILES string of the molecule is Cc1ccc(C)c(NC(=O)C[n+]2cc(-c3ccc(F)cc3)n3c2CCC3)c1.[Cl-]. The van der Waals surface area contributed by atoms with Crippen LogP contribution < -0.4 is 22.3 Å². The molecule has 0 fully saturated rings. The van der Waals surface area contributed by atoms with Crippen LogP contribution in [0.5, 0.6) is 0 Å². The number of carbonyl (C=O) groups is 1. The second-order valence-electron chi connectivity index (χ2n) is 7.19. The number of anilines is 1. The van der Waals surface area contributed by atoms with Gasteiger partial charge in [-0.05, 0) is 61.7 Å². The molecular formula is C22H23ClFN3O. The van der Waals surface area contributed by atoms with Crippen molar-refractivity contribution < 1.29 is 26.2 Å². The van der Waals surface area contributed by atoms with Crippen LogP contribution in [0.1, 0.15) is 23.4 Å². The van der Waals surface area contributed by atoms with E-state index < -0.39 is 0 Å². The Balaban J connectivity index is 0.00000225. The van der Waals surface area contributed by atoms with Gasteiger partial charge in [0.25, 0.3) is 11.7 Å². The van der Waals surface area contributed by atoms with Crippen molar-refractivity contribution in [3.63, 3.8) is 0 Å². The molecule has 0 aliphatic carbocycles. The number of benzene rings is 2. The molecule has 28 heavy (non-hydrogen) atoms. The third-order valence-corrected chi connectivity index (χ3v) is 5.12. The van der Waals surface area contributed by atoms with Crippen molar-refractivity contribution in [2.24, 2.45) is 0 Å². The highest BCUT2D eigenvalue weighted by Crippen LogP contribution is 2.25. The number of aromatic nitrogens is 2. The number of amides is 1. The number of hydrogen-bond donors (Lipinski definition) is 1. The zero-order chi connectivity index (χ0) is 19.0. The fraction of sp³-hybridized carbons (Fsp3) is 0.273. The quantitative estimate of drug-likeness (QED) is 0.647. The van der Waals surface area contributed by atoms with Crippen molar-refractivity contribution in [2.75, 3.05) is 5.32 Å². The van der Waals surface area contributed by atoms with Gasteiger partial charge >= 0.3 is 0 Å². The first-order chi connectivity index (χ1) is 13.0. The third kappa shape index (κ3) is 3.94. The van der Waals surface area contributed by atoms with Gasteiger partial charge in [0.05, 0.1) is 13.0 Å². The highest BCUT2D eigenvalue weighted by Gasteiger charge is 2.29. The summed E-state index contributed by atoms with van der Waals surface area (Å²) in [6, 6.07) is 12.6. The smallest absolute Gasteiger partial charge is 0.266 e. The normalized spacial score (nSPS) is 12.4. The van der Waals surface area contributed by atoms with Crippen LogP contribution in [0.2, 0.25) is 0 Å². The Bertz CT molecular complexity index is 1010. The minimum Gasteiger partial charge on any atom is -1.00 e. The van der Waals surface area contributed by atoms with Crippen molar-refractivity contribution in [3.05, 3.63) is 71.4 Å². The molecule has 1 N–H and O–H groups in total. The number of hydrogen-bond acceptors (Lipinski definition) is 1. The summed E-state index contributed by atoms with van der Waals surface area (Å²) in [7, 11) is 0. The van der Waals surface area contributed by atoms with E-state index in [1.807, 2.05) is 42.8 Å². The molecule has 0 saturated heterocycles. The Morgan fingerprint density at radius 1 is 1.18 bits per heavy atom. The third-order valence-electron chi connectivity index (χ3n) is 5.12. The average molecular weight is 400 g/mol. The maximum atomic E-state index is 13.3. The van der Waals surface area contributed by atoms with E-state index in [9.17, 15) is 9.18 Å². The lowest BCUT2D eigenvalue weighted by Crippen LogP contribution is -3.00. The van der Waals surface area contributed by atoms with Crippen molar-refractivity contribution >= 4 is 11.6 Å². The molecule has 0 spiro atoms. The van der Waals surface area contributed by atoms with Crippen LogP contribution in [0, 0.1) is 19.7 Å². The number of imidazole rings is 1. The monoisotopic (exact) mass is 399 g/mol. The van der Waals surface area contributed by atoms with E-state index in [1.165, 1.54) is 12.1 Å². The van der Waals surface area contributed by atoms with Gasteiger partial charge in [0.2, 0.25) is 0 Å². The van der Waals surface area contributed by atoms with Gasteiger partial charge in [-0.2, -0.15) is 0 Å². The second-order valence-corrected chi connectivity index (χ2v) is 7.19. The lowest BCUT2D eigenvalue weighted by atomic mass is 10.1. The zero-order valence-electron chi connectivity index (χ0n) is 16.0. The molecule has 6 heteroatoms. The van der Waals surface area contributed by atoms with Crippen LogP contribution in [0.4, 0.5) is 10.1 Å². The molecule has 1 aliphatic rings. The van der Waals surface area contributed by atoms with E-state index in [0.717, 1.165) is 53.3 Å². The van der Waals surface area contributed by atoms with Gasteiger partial charge in [-0.25, -0.2) is 13.5 Å². The van der Waals surface area contributed by atoms with E-state index in [-0.39, 0.29) is 30.7 Å². The van der Waals surface area contributed by atoms with Crippen LogP contribution in [-0.2, 0) is 24.3 Å². The number of halogens is 2. The summed E-state index contributed by atoms with van der Waals surface area (Å²) >= 11 is 0. The number of carbonyl (C=O) groups excluding carboxylic acids is 1. The first-order valence-electron chi connectivity index (χ1n) is 9.26. The molecule has 0 unspecified atom stereocenters. The molecule has 4 rings (SSSR count). The van der Waals surface area contributed by atoms with Gasteiger partial charge in [-0.3, -0.25) is 4.79 Å². The molecule has 0 atom stereocenters. The van der Waals surface area contributed by atoms with Crippen LogP contribution in [0.25, 0.3) is 11.3 Å². The zero-order valence-corrected chi connectivity index (χ0v) is 16.8. The van der Waals surface area contributed by atoms with Gasteiger partial charge in [0, 0.05) is 11.3 Å². The molecule has 4 nitrogen and oxygen atoms in total. The van der Waals surface area contributed by atoms with E-state index in [1.54, 1.807) is 12.1 Å². The highest BCUT2D eigenvalue weighted by atomic mass is 35.5. The lowest BCUT2D eigenvalue weighted by molar-refractivity contribution is -0.690. The first-order valence-corrected chi connectivity index (χ1v) is 9.26. The molecule has 0 bridgehead atoms. The van der Waals surface area contributed by atoms with Crippen LogP contribution in [0.3, 0.4) is 0 Å². The molecule has 1 amide bonds. The Morgan fingerprint density at radius 3 is 2.68 bits per heavy atom. The number of rotatable bonds is 4. The average Bonchev–Trinajstić information content (AvgIpc) is 3.23. The molecule has 0 saturated carbocycles. The fourth-order valence-electron chi connectivity index (χ4n) is 3.71. The molecule has 2 aromatic carbocycles. The lowest BCUT2D eigenvalue weighted by Gasteiger charge is -2.08. The highest BCUT2D eigenvalue weighted by molar-refractivity contribution is 5.90. The summed E-state index contributed by atoms with van der Waals surface area (Å²) in [5.74, 6) is 0.859. The summed E-state index contributed by atoms with van der Waals surface area (Å²) < 4.78 is 17.5. The van der Waals surface area contributed by atoms with Crippen molar-refractivity contribution in [1.82, 2.24) is 4.57 Å². The van der Waals surface area contributed by atoms with Crippen LogP contribution >= 0.6 is 0 Å². The van der Waals surface area contributed by atoms with Crippen molar-refractivity contribution in [1.29, 1.82) is 0 Å². The number of nitrogens with one attached hydrogen (secondary N) is 1. The summed E-state index contributed by atoms with van der Waals surface area (Å²) in [5, 5.41) is 3.03. The Hall–Kier alpha value is -2.66. The molecule has 3 aromatic rings. The van der Waals surface area contributed by atoms with E-state index >= 15 is 0 Å². The van der Waals surface area contributed by atoms with Crippen LogP contribution in [-0.4, -0.2) is 10.5 Å². The van der Waals surface area contributed by atoms with E-state index in [2.05, 4.69) is 9.88 Å². The minimum absolute atomic E-state index is 0. The largest absolute Gasteiger partial charge is 1.00 e. The van der Waals surface area contributed by atoms with Gasteiger partial charge < -0.3 is 17.7 Å². The maximum Gasteiger partial charge on any atom is 0.266 e. The Kier molecular flexibility index (Phi) is 5.84. The standard InChI is InChI=1S/C22H22FN3O.ClH/c1-15-5-6-16(2)19(12-15)24-21(27)14-25-13-20(26-11-3-4-22(25)26)17-7-9-18(23)10-8-17;/h5-10,12-13H,3-4,11,14H2,1-2H3;1H. The number of aryl methyl sites for hydroxylation is 2. The fourth-order valence-corrected chi connectivity index (χ4v) is 3.71.